The van der Waals surface area contributed by atoms with Crippen LogP contribution in [0.15, 0.2) is 23.0 Å². The average Bonchev–Trinajstić information content (AvgIpc) is 3.51. The number of piperazine rings is 1. The number of nitrogens with zero attached hydrogens (tertiary/aromatic N) is 6. The molecule has 0 radical (unpaired) electrons. The summed E-state index contributed by atoms with van der Waals surface area (Å²) < 4.78 is 5.33. The summed E-state index contributed by atoms with van der Waals surface area (Å²) >= 11 is 0. The van der Waals surface area contributed by atoms with Crippen molar-refractivity contribution in [1.82, 2.24) is 20.0 Å². The van der Waals surface area contributed by atoms with E-state index in [1.807, 2.05) is 11.0 Å². The van der Waals surface area contributed by atoms with Crippen molar-refractivity contribution in [2.24, 2.45) is 0 Å². The Morgan fingerprint density at radius 3 is 2.25 bits per heavy atom. The van der Waals surface area contributed by atoms with Crippen LogP contribution >= 0.6 is 0 Å². The van der Waals surface area contributed by atoms with E-state index in [-0.39, 0.29) is 5.91 Å². The maximum absolute atomic E-state index is 12.7. The molecule has 4 heterocycles. The van der Waals surface area contributed by atoms with Crippen LogP contribution in [0.4, 0.5) is 11.6 Å². The molecule has 1 saturated carbocycles. The Bertz CT molecular complexity index is 835. The van der Waals surface area contributed by atoms with Crippen molar-refractivity contribution in [1.29, 1.82) is 0 Å². The number of piperidine rings is 1. The van der Waals surface area contributed by atoms with Gasteiger partial charge in [-0.1, -0.05) is 5.16 Å². The minimum absolute atomic E-state index is 0.0352. The summed E-state index contributed by atoms with van der Waals surface area (Å²) in [6.07, 6.45) is 7.69. The number of aromatic nitrogens is 3. The first kappa shape index (κ1) is 17.5. The molecular formula is C20H26N6O2. The van der Waals surface area contributed by atoms with Crippen LogP contribution in [-0.2, 0) is 0 Å². The highest BCUT2D eigenvalue weighted by Gasteiger charge is 2.31. The van der Waals surface area contributed by atoms with E-state index >= 15 is 0 Å². The molecule has 2 saturated heterocycles. The number of amides is 1. The van der Waals surface area contributed by atoms with Crippen LogP contribution in [-0.4, -0.2) is 65.2 Å². The first-order valence-electron chi connectivity index (χ1n) is 10.4. The number of hydrogen-bond acceptors (Lipinski definition) is 7. The molecule has 0 unspecified atom stereocenters. The minimum Gasteiger partial charge on any atom is -0.360 e. The summed E-state index contributed by atoms with van der Waals surface area (Å²) in [6, 6.07) is 3.91. The molecule has 8 heteroatoms. The van der Waals surface area contributed by atoms with Gasteiger partial charge in [0.25, 0.3) is 5.91 Å². The van der Waals surface area contributed by atoms with Gasteiger partial charge in [0.1, 0.15) is 23.7 Å². The highest BCUT2D eigenvalue weighted by Crippen LogP contribution is 2.40. The third-order valence-electron chi connectivity index (χ3n) is 5.94. The molecule has 2 aromatic rings. The lowest BCUT2D eigenvalue weighted by Gasteiger charge is -2.35. The van der Waals surface area contributed by atoms with Gasteiger partial charge in [0, 0.05) is 57.3 Å². The molecule has 148 valence electrons. The SMILES string of the molecule is O=C(c1cc(C2CC2)on1)N1CCN(c2cc(N3CCCCC3)ncn2)CC1. The van der Waals surface area contributed by atoms with E-state index in [1.165, 1.54) is 19.3 Å². The molecule has 5 rings (SSSR count). The minimum atomic E-state index is -0.0352. The smallest absolute Gasteiger partial charge is 0.276 e. The Kier molecular flexibility index (Phi) is 4.62. The van der Waals surface area contributed by atoms with Crippen LogP contribution in [0.2, 0.25) is 0 Å². The van der Waals surface area contributed by atoms with Crippen LogP contribution in [0.3, 0.4) is 0 Å². The fourth-order valence-electron chi connectivity index (χ4n) is 4.06. The molecule has 2 aliphatic heterocycles. The molecule has 3 aliphatic rings. The van der Waals surface area contributed by atoms with Gasteiger partial charge in [-0.3, -0.25) is 4.79 Å². The monoisotopic (exact) mass is 382 g/mol. The predicted molar refractivity (Wildman–Crippen MR) is 105 cm³/mol. The van der Waals surface area contributed by atoms with Gasteiger partial charge in [0.15, 0.2) is 5.69 Å². The highest BCUT2D eigenvalue weighted by molar-refractivity contribution is 5.92. The summed E-state index contributed by atoms with van der Waals surface area (Å²) in [4.78, 5) is 28.1. The van der Waals surface area contributed by atoms with Gasteiger partial charge < -0.3 is 19.2 Å². The van der Waals surface area contributed by atoms with E-state index in [9.17, 15) is 4.79 Å². The van der Waals surface area contributed by atoms with E-state index in [0.717, 1.165) is 56.4 Å². The Morgan fingerprint density at radius 1 is 0.893 bits per heavy atom. The lowest BCUT2D eigenvalue weighted by Crippen LogP contribution is -2.49. The van der Waals surface area contributed by atoms with Gasteiger partial charge in [-0.15, -0.1) is 0 Å². The van der Waals surface area contributed by atoms with Gasteiger partial charge in [0.05, 0.1) is 0 Å². The maximum atomic E-state index is 12.7. The molecule has 0 aromatic carbocycles. The van der Waals surface area contributed by atoms with E-state index in [4.69, 9.17) is 4.52 Å². The normalized spacial score (nSPS) is 20.5. The quantitative estimate of drug-likeness (QED) is 0.803. The number of carbonyl (C=O) groups excluding carboxylic acids is 1. The van der Waals surface area contributed by atoms with Crippen molar-refractivity contribution in [3.8, 4) is 0 Å². The Labute approximate surface area is 164 Å². The molecule has 28 heavy (non-hydrogen) atoms. The largest absolute Gasteiger partial charge is 0.360 e. The zero-order valence-corrected chi connectivity index (χ0v) is 16.1. The molecule has 8 nitrogen and oxygen atoms in total. The number of anilines is 2. The van der Waals surface area contributed by atoms with Crippen molar-refractivity contribution < 1.29 is 9.32 Å². The zero-order chi connectivity index (χ0) is 18.9. The van der Waals surface area contributed by atoms with Gasteiger partial charge in [-0.05, 0) is 32.1 Å². The summed E-state index contributed by atoms with van der Waals surface area (Å²) in [5.41, 5.74) is 0.435. The fraction of sp³-hybridized carbons (Fsp3) is 0.600. The van der Waals surface area contributed by atoms with Crippen LogP contribution in [0.5, 0.6) is 0 Å². The topological polar surface area (TPSA) is 78.6 Å². The molecule has 3 fully saturated rings. The van der Waals surface area contributed by atoms with Crippen molar-refractivity contribution in [2.45, 2.75) is 38.0 Å². The Balaban J connectivity index is 1.21. The van der Waals surface area contributed by atoms with Crippen LogP contribution in [0, 0.1) is 0 Å². The second-order valence-electron chi connectivity index (χ2n) is 7.95. The van der Waals surface area contributed by atoms with Crippen molar-refractivity contribution in [3.63, 3.8) is 0 Å². The van der Waals surface area contributed by atoms with Gasteiger partial charge >= 0.3 is 0 Å². The Hall–Kier alpha value is -2.64. The first-order chi connectivity index (χ1) is 13.8. The van der Waals surface area contributed by atoms with Crippen LogP contribution in [0.1, 0.15) is 54.3 Å². The van der Waals surface area contributed by atoms with E-state index < -0.39 is 0 Å². The third kappa shape index (κ3) is 3.55. The molecule has 0 spiro atoms. The summed E-state index contributed by atoms with van der Waals surface area (Å²) in [6.45, 7) is 4.98. The standard InChI is InChI=1S/C20H26N6O2/c27-20(16-12-17(28-23-16)15-4-5-15)26-10-8-25(9-11-26)19-13-18(21-14-22-19)24-6-2-1-3-7-24/h12-15H,1-11H2. The fourth-order valence-corrected chi connectivity index (χ4v) is 4.06. The van der Waals surface area contributed by atoms with E-state index in [1.54, 1.807) is 6.33 Å². The third-order valence-corrected chi connectivity index (χ3v) is 5.94. The summed E-state index contributed by atoms with van der Waals surface area (Å²) in [5, 5.41) is 3.99. The maximum Gasteiger partial charge on any atom is 0.276 e. The predicted octanol–water partition coefficient (Wildman–Crippen LogP) is 2.29. The number of rotatable bonds is 4. The lowest BCUT2D eigenvalue weighted by atomic mass is 10.1. The Morgan fingerprint density at radius 2 is 1.57 bits per heavy atom. The zero-order valence-electron chi connectivity index (χ0n) is 16.1. The molecule has 2 aromatic heterocycles. The number of hydrogen-bond donors (Lipinski definition) is 0. The summed E-state index contributed by atoms with van der Waals surface area (Å²) in [7, 11) is 0. The van der Waals surface area contributed by atoms with Crippen LogP contribution in [0.25, 0.3) is 0 Å². The molecule has 1 amide bonds. The van der Waals surface area contributed by atoms with Gasteiger partial charge in [-0.2, -0.15) is 0 Å². The number of carbonyl (C=O) groups is 1. The highest BCUT2D eigenvalue weighted by atomic mass is 16.5. The second kappa shape index (κ2) is 7.41. The molecule has 0 bridgehead atoms. The van der Waals surface area contributed by atoms with Crippen LogP contribution < -0.4 is 9.80 Å². The van der Waals surface area contributed by atoms with Crippen molar-refractivity contribution in [2.75, 3.05) is 49.1 Å². The van der Waals surface area contributed by atoms with Gasteiger partial charge in [-0.25, -0.2) is 9.97 Å². The summed E-state index contributed by atoms with van der Waals surface area (Å²) in [5.74, 6) is 3.25. The average molecular weight is 382 g/mol. The van der Waals surface area contributed by atoms with Crippen molar-refractivity contribution in [3.05, 3.63) is 29.9 Å². The molecule has 1 aliphatic carbocycles. The lowest BCUT2D eigenvalue weighted by molar-refractivity contribution is 0.0736. The van der Waals surface area contributed by atoms with Gasteiger partial charge in [0.2, 0.25) is 0 Å². The van der Waals surface area contributed by atoms with E-state index in [2.05, 4.69) is 31.0 Å². The second-order valence-corrected chi connectivity index (χ2v) is 7.95. The van der Waals surface area contributed by atoms with E-state index in [0.29, 0.717) is 24.7 Å². The molecule has 0 N–H and O–H groups in total. The first-order valence-corrected chi connectivity index (χ1v) is 10.4. The molecule has 0 atom stereocenters. The van der Waals surface area contributed by atoms with Crippen molar-refractivity contribution >= 4 is 17.5 Å². The molecular weight excluding hydrogens is 356 g/mol.